The Morgan fingerprint density at radius 2 is 1.85 bits per heavy atom. The predicted octanol–water partition coefficient (Wildman–Crippen LogP) is 3.50. The van der Waals surface area contributed by atoms with Crippen LogP contribution in [0.15, 0.2) is 47.6 Å². The highest BCUT2D eigenvalue weighted by Crippen LogP contribution is 2.38. The number of hydrogen-bond acceptors (Lipinski definition) is 5. The Morgan fingerprint density at radius 3 is 2.42 bits per heavy atom. The summed E-state index contributed by atoms with van der Waals surface area (Å²) in [6.07, 6.45) is 0.835. The van der Waals surface area contributed by atoms with Crippen LogP contribution in [0.2, 0.25) is 0 Å². The molecule has 0 saturated heterocycles. The van der Waals surface area contributed by atoms with Crippen LogP contribution in [0.3, 0.4) is 0 Å². The van der Waals surface area contributed by atoms with Crippen LogP contribution in [-0.2, 0) is 4.79 Å². The quantitative estimate of drug-likeness (QED) is 0.892. The Hall–Kier alpha value is -3.02. The smallest absolute Gasteiger partial charge is 0.242 e. The van der Waals surface area contributed by atoms with Gasteiger partial charge in [-0.25, -0.2) is 5.01 Å². The number of phenols is 1. The van der Waals surface area contributed by atoms with Gasteiger partial charge in [0.25, 0.3) is 0 Å². The summed E-state index contributed by atoms with van der Waals surface area (Å²) < 4.78 is 10.7. The Kier molecular flexibility index (Phi) is 5.11. The lowest BCUT2D eigenvalue weighted by Crippen LogP contribution is -2.26. The molecule has 0 spiro atoms. The van der Waals surface area contributed by atoms with E-state index in [9.17, 15) is 9.90 Å². The molecule has 1 atom stereocenters. The van der Waals surface area contributed by atoms with Crippen molar-refractivity contribution in [3.05, 3.63) is 53.6 Å². The van der Waals surface area contributed by atoms with Gasteiger partial charge in [0.15, 0.2) is 0 Å². The average molecular weight is 354 g/mol. The van der Waals surface area contributed by atoms with Crippen molar-refractivity contribution in [3.8, 4) is 17.2 Å². The van der Waals surface area contributed by atoms with Gasteiger partial charge >= 0.3 is 0 Å². The fraction of sp³-hybridized carbons (Fsp3) is 0.300. The number of carbonyl (C=O) groups excluding carboxylic acids is 1. The number of hydrazone groups is 1. The van der Waals surface area contributed by atoms with Crippen LogP contribution < -0.4 is 9.47 Å². The summed E-state index contributed by atoms with van der Waals surface area (Å²) in [5.74, 6) is 1.37. The minimum absolute atomic E-state index is 0.0943. The van der Waals surface area contributed by atoms with E-state index in [1.807, 2.05) is 24.3 Å². The van der Waals surface area contributed by atoms with Crippen molar-refractivity contribution in [2.75, 3.05) is 14.2 Å². The lowest BCUT2D eigenvalue weighted by molar-refractivity contribution is -0.132. The highest BCUT2D eigenvalue weighted by Gasteiger charge is 2.34. The predicted molar refractivity (Wildman–Crippen MR) is 98.7 cm³/mol. The van der Waals surface area contributed by atoms with Crippen LogP contribution in [0.1, 0.15) is 36.9 Å². The maximum absolute atomic E-state index is 12.4. The molecular formula is C20H22N2O4. The molecule has 0 unspecified atom stereocenters. The van der Waals surface area contributed by atoms with E-state index < -0.39 is 0 Å². The van der Waals surface area contributed by atoms with Crippen molar-refractivity contribution in [2.45, 2.75) is 25.8 Å². The molecule has 1 amide bonds. The van der Waals surface area contributed by atoms with Gasteiger partial charge in [-0.15, -0.1) is 0 Å². The van der Waals surface area contributed by atoms with Crippen LogP contribution in [0, 0.1) is 0 Å². The van der Waals surface area contributed by atoms with Gasteiger partial charge in [0.1, 0.15) is 17.2 Å². The number of para-hydroxylation sites is 1. The standard InChI is InChI=1S/C20H22N2O4/c1-4-20(24)22-18(16-7-5-6-8-19(16)23)12-17(21-22)13-9-14(25-2)11-15(10-13)26-3/h5-11,18,23H,4,12H2,1-3H3/t18-/m0/s1. The van der Waals surface area contributed by atoms with Crippen molar-refractivity contribution < 1.29 is 19.4 Å². The van der Waals surface area contributed by atoms with E-state index in [1.54, 1.807) is 39.3 Å². The highest BCUT2D eigenvalue weighted by atomic mass is 16.5. The second-order valence-corrected chi connectivity index (χ2v) is 6.02. The van der Waals surface area contributed by atoms with Gasteiger partial charge in [-0.1, -0.05) is 25.1 Å². The zero-order chi connectivity index (χ0) is 18.7. The fourth-order valence-corrected chi connectivity index (χ4v) is 3.06. The number of benzene rings is 2. The maximum atomic E-state index is 12.4. The summed E-state index contributed by atoms with van der Waals surface area (Å²) in [5, 5.41) is 16.3. The highest BCUT2D eigenvalue weighted by molar-refractivity contribution is 6.03. The van der Waals surface area contributed by atoms with E-state index in [1.165, 1.54) is 5.01 Å². The van der Waals surface area contributed by atoms with E-state index in [0.29, 0.717) is 29.9 Å². The summed E-state index contributed by atoms with van der Waals surface area (Å²) >= 11 is 0. The lowest BCUT2D eigenvalue weighted by Gasteiger charge is -2.22. The zero-order valence-electron chi connectivity index (χ0n) is 15.1. The first-order chi connectivity index (χ1) is 12.6. The van der Waals surface area contributed by atoms with Crippen molar-refractivity contribution in [3.63, 3.8) is 0 Å². The molecule has 26 heavy (non-hydrogen) atoms. The number of nitrogens with zero attached hydrogens (tertiary/aromatic N) is 2. The molecule has 2 aromatic carbocycles. The van der Waals surface area contributed by atoms with Gasteiger partial charge in [-0.2, -0.15) is 5.10 Å². The van der Waals surface area contributed by atoms with Crippen LogP contribution in [0.25, 0.3) is 0 Å². The van der Waals surface area contributed by atoms with Crippen molar-refractivity contribution >= 4 is 11.6 Å². The summed E-state index contributed by atoms with van der Waals surface area (Å²) in [6, 6.07) is 12.2. The number of phenolic OH excluding ortho intramolecular Hbond substituents is 1. The van der Waals surface area contributed by atoms with Crippen LogP contribution in [-0.4, -0.2) is 36.0 Å². The second kappa shape index (κ2) is 7.47. The molecule has 1 aliphatic heterocycles. The molecule has 3 rings (SSSR count). The van der Waals surface area contributed by atoms with E-state index in [2.05, 4.69) is 5.10 Å². The summed E-state index contributed by atoms with van der Waals surface area (Å²) in [7, 11) is 3.18. The molecule has 0 bridgehead atoms. The lowest BCUT2D eigenvalue weighted by atomic mass is 9.97. The maximum Gasteiger partial charge on any atom is 0.242 e. The first-order valence-electron chi connectivity index (χ1n) is 8.48. The Balaban J connectivity index is 2.02. The van der Waals surface area contributed by atoms with E-state index >= 15 is 0 Å². The third-order valence-electron chi connectivity index (χ3n) is 4.45. The van der Waals surface area contributed by atoms with E-state index in [0.717, 1.165) is 11.3 Å². The molecule has 0 radical (unpaired) electrons. The van der Waals surface area contributed by atoms with Gasteiger partial charge in [0.2, 0.25) is 5.91 Å². The summed E-state index contributed by atoms with van der Waals surface area (Å²) in [4.78, 5) is 12.4. The summed E-state index contributed by atoms with van der Waals surface area (Å²) in [5.41, 5.74) is 2.26. The zero-order valence-corrected chi connectivity index (χ0v) is 15.1. The van der Waals surface area contributed by atoms with E-state index in [-0.39, 0.29) is 17.7 Å². The van der Waals surface area contributed by atoms with Gasteiger partial charge in [-0.05, 0) is 18.2 Å². The van der Waals surface area contributed by atoms with Crippen LogP contribution in [0.5, 0.6) is 17.2 Å². The first-order valence-corrected chi connectivity index (χ1v) is 8.48. The van der Waals surface area contributed by atoms with Gasteiger partial charge < -0.3 is 14.6 Å². The third-order valence-corrected chi connectivity index (χ3v) is 4.45. The topological polar surface area (TPSA) is 71.4 Å². The molecule has 2 aromatic rings. The molecule has 0 aliphatic carbocycles. The monoisotopic (exact) mass is 354 g/mol. The Bertz CT molecular complexity index is 825. The van der Waals surface area contributed by atoms with E-state index in [4.69, 9.17) is 9.47 Å². The number of carbonyl (C=O) groups is 1. The third kappa shape index (κ3) is 3.35. The minimum atomic E-state index is -0.337. The molecule has 0 saturated carbocycles. The molecule has 136 valence electrons. The SMILES string of the molecule is CCC(=O)N1N=C(c2cc(OC)cc(OC)c2)C[C@H]1c1ccccc1O. The molecule has 1 aliphatic rings. The van der Waals surface area contributed by atoms with Gasteiger partial charge in [0.05, 0.1) is 26.0 Å². The number of hydrogen-bond donors (Lipinski definition) is 1. The number of methoxy groups -OCH3 is 2. The molecule has 0 aromatic heterocycles. The molecule has 6 nitrogen and oxygen atoms in total. The van der Waals surface area contributed by atoms with Gasteiger partial charge in [-0.3, -0.25) is 4.79 Å². The molecular weight excluding hydrogens is 332 g/mol. The largest absolute Gasteiger partial charge is 0.508 e. The molecule has 1 N–H and O–H groups in total. The number of rotatable bonds is 5. The number of amides is 1. The normalized spacial score (nSPS) is 16.3. The first kappa shape index (κ1) is 17.8. The van der Waals surface area contributed by atoms with Gasteiger partial charge in [0, 0.05) is 30.0 Å². The number of ether oxygens (including phenoxy) is 2. The Labute approximate surface area is 152 Å². The van der Waals surface area contributed by atoms with Crippen molar-refractivity contribution in [1.82, 2.24) is 5.01 Å². The molecule has 0 fully saturated rings. The Morgan fingerprint density at radius 1 is 1.19 bits per heavy atom. The van der Waals surface area contributed by atoms with Crippen LogP contribution >= 0.6 is 0 Å². The summed E-state index contributed by atoms with van der Waals surface area (Å²) in [6.45, 7) is 1.80. The average Bonchev–Trinajstić information content (AvgIpc) is 3.12. The second-order valence-electron chi connectivity index (χ2n) is 6.02. The number of aromatic hydroxyl groups is 1. The molecule has 1 heterocycles. The van der Waals surface area contributed by atoms with Crippen LogP contribution in [0.4, 0.5) is 0 Å². The molecule has 6 heteroatoms. The minimum Gasteiger partial charge on any atom is -0.508 e. The fourth-order valence-electron chi connectivity index (χ4n) is 3.06. The van der Waals surface area contributed by atoms with Crippen molar-refractivity contribution in [1.29, 1.82) is 0 Å². The van der Waals surface area contributed by atoms with Crippen molar-refractivity contribution in [2.24, 2.45) is 5.10 Å².